The third kappa shape index (κ3) is 3.91. The van der Waals surface area contributed by atoms with Crippen molar-refractivity contribution in [1.82, 2.24) is 29.5 Å². The van der Waals surface area contributed by atoms with E-state index in [4.69, 9.17) is 4.74 Å². The lowest BCUT2D eigenvalue weighted by atomic mass is 10.1. The molecular formula is C19H26N6O2. The minimum Gasteiger partial charge on any atom is -0.383 e. The number of carbonyl (C=O) groups excluding carboxylic acids is 1. The molecule has 0 aliphatic rings. The van der Waals surface area contributed by atoms with Crippen molar-refractivity contribution < 1.29 is 9.53 Å². The Balaban J connectivity index is 2.08. The monoisotopic (exact) mass is 370 g/mol. The van der Waals surface area contributed by atoms with Gasteiger partial charge in [-0.2, -0.15) is 0 Å². The van der Waals surface area contributed by atoms with Gasteiger partial charge in [-0.25, -0.2) is 4.98 Å². The Morgan fingerprint density at radius 1 is 1.19 bits per heavy atom. The lowest BCUT2D eigenvalue weighted by Gasteiger charge is -2.17. The number of aromatic nitrogens is 4. The molecule has 0 saturated carbocycles. The number of imidazole rings is 1. The van der Waals surface area contributed by atoms with Crippen molar-refractivity contribution in [3.8, 4) is 0 Å². The molecule has 8 heteroatoms. The maximum Gasteiger partial charge on any atom is 0.253 e. The smallest absolute Gasteiger partial charge is 0.253 e. The summed E-state index contributed by atoms with van der Waals surface area (Å²) in [6.45, 7) is 4.69. The Bertz CT molecular complexity index is 966. The van der Waals surface area contributed by atoms with Crippen molar-refractivity contribution >= 4 is 28.0 Å². The predicted molar refractivity (Wildman–Crippen MR) is 105 cm³/mol. The van der Waals surface area contributed by atoms with Gasteiger partial charge in [0.25, 0.3) is 5.91 Å². The van der Waals surface area contributed by atoms with Gasteiger partial charge in [0.15, 0.2) is 0 Å². The molecule has 1 aromatic carbocycles. The fourth-order valence-corrected chi connectivity index (χ4v) is 3.06. The van der Waals surface area contributed by atoms with Crippen LogP contribution in [-0.4, -0.2) is 83.4 Å². The van der Waals surface area contributed by atoms with E-state index in [-0.39, 0.29) is 5.91 Å². The lowest BCUT2D eigenvalue weighted by Crippen LogP contribution is -2.29. The average molecular weight is 370 g/mol. The minimum atomic E-state index is -0.0463. The van der Waals surface area contributed by atoms with E-state index < -0.39 is 0 Å². The van der Waals surface area contributed by atoms with Crippen LogP contribution in [-0.2, 0) is 11.3 Å². The summed E-state index contributed by atoms with van der Waals surface area (Å²) in [6.07, 6.45) is 0. The number of ether oxygens (including phenoxy) is 1. The number of hydrogen-bond donors (Lipinski definition) is 0. The van der Waals surface area contributed by atoms with Gasteiger partial charge in [0.1, 0.15) is 5.82 Å². The number of benzene rings is 1. The first-order valence-electron chi connectivity index (χ1n) is 8.94. The van der Waals surface area contributed by atoms with Crippen molar-refractivity contribution in [3.05, 3.63) is 29.6 Å². The molecule has 0 unspecified atom stereocenters. The number of carbonyl (C=O) groups is 1. The average Bonchev–Trinajstić information content (AvgIpc) is 2.98. The Labute approximate surface area is 158 Å². The fourth-order valence-electron chi connectivity index (χ4n) is 3.06. The van der Waals surface area contributed by atoms with E-state index in [1.165, 1.54) is 0 Å². The summed E-state index contributed by atoms with van der Waals surface area (Å²) in [5.74, 6) is 0.845. The third-order valence-corrected chi connectivity index (χ3v) is 4.64. The van der Waals surface area contributed by atoms with Gasteiger partial charge in [0, 0.05) is 44.7 Å². The highest BCUT2D eigenvalue weighted by atomic mass is 16.5. The van der Waals surface area contributed by atoms with Crippen molar-refractivity contribution in [2.75, 3.05) is 47.9 Å². The molecule has 0 fully saturated rings. The topological polar surface area (TPSA) is 76.4 Å². The first-order chi connectivity index (χ1) is 12.9. The largest absolute Gasteiger partial charge is 0.383 e. The quantitative estimate of drug-likeness (QED) is 0.628. The fraction of sp³-hybridized carbons (Fsp3) is 0.474. The van der Waals surface area contributed by atoms with Crippen LogP contribution in [0.1, 0.15) is 16.2 Å². The van der Waals surface area contributed by atoms with E-state index in [0.29, 0.717) is 24.4 Å². The number of hydrogen-bond acceptors (Lipinski definition) is 6. The highest BCUT2D eigenvalue weighted by Gasteiger charge is 2.17. The predicted octanol–water partition coefficient (Wildman–Crippen LogP) is 1.57. The molecule has 0 N–H and O–H groups in total. The van der Waals surface area contributed by atoms with Gasteiger partial charge in [-0.1, -0.05) is 0 Å². The standard InChI is InChI=1S/C19H26N6O2/c1-13-20-18-17(25(13)9-8-23(2)3)15-12-14(6-7-16(15)21-22-18)19(26)24(4)10-11-27-5/h6-7,12H,8-11H2,1-5H3. The molecule has 1 amide bonds. The highest BCUT2D eigenvalue weighted by Crippen LogP contribution is 2.24. The minimum absolute atomic E-state index is 0.0463. The Morgan fingerprint density at radius 2 is 1.96 bits per heavy atom. The van der Waals surface area contributed by atoms with Crippen LogP contribution in [0.25, 0.3) is 22.1 Å². The Morgan fingerprint density at radius 3 is 2.67 bits per heavy atom. The van der Waals surface area contributed by atoms with Gasteiger partial charge in [0.05, 0.1) is 17.6 Å². The van der Waals surface area contributed by atoms with Gasteiger partial charge in [0.2, 0.25) is 5.65 Å². The molecule has 3 aromatic rings. The van der Waals surface area contributed by atoms with Gasteiger partial charge in [-0.05, 0) is 39.2 Å². The normalized spacial score (nSPS) is 11.6. The molecule has 0 atom stereocenters. The summed E-state index contributed by atoms with van der Waals surface area (Å²) in [7, 11) is 7.48. The van der Waals surface area contributed by atoms with Crippen LogP contribution < -0.4 is 0 Å². The van der Waals surface area contributed by atoms with E-state index in [2.05, 4.69) is 24.6 Å². The molecule has 2 heterocycles. The van der Waals surface area contributed by atoms with E-state index in [0.717, 1.165) is 35.3 Å². The van der Waals surface area contributed by atoms with Crippen LogP contribution >= 0.6 is 0 Å². The summed E-state index contributed by atoms with van der Waals surface area (Å²) in [5.41, 5.74) is 2.91. The summed E-state index contributed by atoms with van der Waals surface area (Å²) in [4.78, 5) is 21.1. The van der Waals surface area contributed by atoms with Crippen LogP contribution in [0, 0.1) is 6.92 Å². The molecule has 0 radical (unpaired) electrons. The van der Waals surface area contributed by atoms with E-state index in [1.807, 2.05) is 33.2 Å². The van der Waals surface area contributed by atoms with Gasteiger partial charge in [-0.15, -0.1) is 10.2 Å². The van der Waals surface area contributed by atoms with Crippen molar-refractivity contribution in [3.63, 3.8) is 0 Å². The van der Waals surface area contributed by atoms with E-state index in [1.54, 1.807) is 25.1 Å². The van der Waals surface area contributed by atoms with E-state index in [9.17, 15) is 4.79 Å². The summed E-state index contributed by atoms with van der Waals surface area (Å²) < 4.78 is 7.21. The molecule has 3 rings (SSSR count). The summed E-state index contributed by atoms with van der Waals surface area (Å²) in [6, 6.07) is 5.53. The number of amides is 1. The number of rotatable bonds is 7. The second kappa shape index (κ2) is 7.98. The molecular weight excluding hydrogens is 344 g/mol. The van der Waals surface area contributed by atoms with Crippen LogP contribution in [0.5, 0.6) is 0 Å². The molecule has 0 spiro atoms. The zero-order valence-corrected chi connectivity index (χ0v) is 16.6. The molecule has 27 heavy (non-hydrogen) atoms. The first kappa shape index (κ1) is 19.2. The second-order valence-corrected chi connectivity index (χ2v) is 6.94. The highest BCUT2D eigenvalue weighted by molar-refractivity contribution is 6.05. The summed E-state index contributed by atoms with van der Waals surface area (Å²) >= 11 is 0. The second-order valence-electron chi connectivity index (χ2n) is 6.94. The Hall–Kier alpha value is -2.58. The van der Waals surface area contributed by atoms with Gasteiger partial charge in [-0.3, -0.25) is 4.79 Å². The van der Waals surface area contributed by atoms with E-state index >= 15 is 0 Å². The maximum atomic E-state index is 12.7. The zero-order valence-electron chi connectivity index (χ0n) is 16.6. The van der Waals surface area contributed by atoms with Crippen molar-refractivity contribution in [2.45, 2.75) is 13.5 Å². The molecule has 0 aliphatic heterocycles. The third-order valence-electron chi connectivity index (χ3n) is 4.64. The molecule has 0 saturated heterocycles. The molecule has 0 aliphatic carbocycles. The molecule has 0 bridgehead atoms. The van der Waals surface area contributed by atoms with Crippen molar-refractivity contribution in [1.29, 1.82) is 0 Å². The lowest BCUT2D eigenvalue weighted by molar-refractivity contribution is 0.0744. The first-order valence-corrected chi connectivity index (χ1v) is 8.94. The number of nitrogens with zero attached hydrogens (tertiary/aromatic N) is 6. The van der Waals surface area contributed by atoms with Gasteiger partial charge < -0.3 is 19.1 Å². The number of methoxy groups -OCH3 is 1. The zero-order chi connectivity index (χ0) is 19.6. The maximum absolute atomic E-state index is 12.7. The number of aryl methyl sites for hydroxylation is 1. The molecule has 2 aromatic heterocycles. The van der Waals surface area contributed by atoms with Crippen LogP contribution in [0.4, 0.5) is 0 Å². The van der Waals surface area contributed by atoms with Crippen molar-refractivity contribution in [2.24, 2.45) is 0 Å². The van der Waals surface area contributed by atoms with Gasteiger partial charge >= 0.3 is 0 Å². The van der Waals surface area contributed by atoms with Crippen LogP contribution in [0.2, 0.25) is 0 Å². The SMILES string of the molecule is COCCN(C)C(=O)c1ccc2nnc3nc(C)n(CCN(C)C)c3c2c1. The molecule has 144 valence electrons. The van der Waals surface area contributed by atoms with Crippen LogP contribution in [0.15, 0.2) is 18.2 Å². The Kier molecular flexibility index (Phi) is 5.67. The van der Waals surface area contributed by atoms with Crippen LogP contribution in [0.3, 0.4) is 0 Å². The number of likely N-dealkylation sites (N-methyl/N-ethyl adjacent to an activating group) is 2. The molecule has 8 nitrogen and oxygen atoms in total. The summed E-state index contributed by atoms with van der Waals surface area (Å²) in [5, 5.41) is 9.43. The number of fused-ring (bicyclic) bond motifs is 3.